The maximum Gasteiger partial charge on any atom is 0.272 e. The zero-order chi connectivity index (χ0) is 21.4. The highest BCUT2D eigenvalue weighted by Crippen LogP contribution is 2.26. The number of nitrogens with zero attached hydrogens (tertiary/aromatic N) is 3. The summed E-state index contributed by atoms with van der Waals surface area (Å²) in [5, 5.41) is 3.69. The highest BCUT2D eigenvalue weighted by atomic mass is 16.2. The summed E-state index contributed by atoms with van der Waals surface area (Å²) in [5.74, 6) is -0.735. The van der Waals surface area contributed by atoms with Gasteiger partial charge in [0.05, 0.1) is 17.1 Å². The van der Waals surface area contributed by atoms with Gasteiger partial charge in [-0.25, -0.2) is 4.99 Å². The fraction of sp³-hybridized carbons (Fsp3) is 0.0833. The SMILES string of the molecule is CN1C(=O)C(NC(=O)c2cc3ccccc3[nH]2)N=C(c2ccccn2)c2ccccc21. The quantitative estimate of drug-likeness (QED) is 0.545. The second kappa shape index (κ2) is 7.53. The van der Waals surface area contributed by atoms with E-state index in [1.807, 2.05) is 66.7 Å². The van der Waals surface area contributed by atoms with Gasteiger partial charge in [-0.2, -0.15) is 0 Å². The van der Waals surface area contributed by atoms with E-state index in [9.17, 15) is 9.59 Å². The molecule has 0 spiro atoms. The molecule has 1 unspecified atom stereocenters. The largest absolute Gasteiger partial charge is 0.351 e. The van der Waals surface area contributed by atoms with Gasteiger partial charge in [-0.3, -0.25) is 14.6 Å². The number of carbonyl (C=O) groups excluding carboxylic acids is 2. The van der Waals surface area contributed by atoms with Crippen molar-refractivity contribution in [1.82, 2.24) is 15.3 Å². The van der Waals surface area contributed by atoms with Crippen LogP contribution in [0.15, 0.2) is 84.0 Å². The molecule has 0 fully saturated rings. The summed E-state index contributed by atoms with van der Waals surface area (Å²) in [7, 11) is 1.68. The van der Waals surface area contributed by atoms with Gasteiger partial charge >= 0.3 is 0 Å². The van der Waals surface area contributed by atoms with Gasteiger partial charge in [0.25, 0.3) is 11.8 Å². The Morgan fingerprint density at radius 1 is 1.03 bits per heavy atom. The number of aromatic amines is 1. The number of benzodiazepines with no additional fused rings is 1. The summed E-state index contributed by atoms with van der Waals surface area (Å²) in [6.07, 6.45) is 0.586. The van der Waals surface area contributed by atoms with Crippen LogP contribution in [0.25, 0.3) is 10.9 Å². The number of nitrogens with one attached hydrogen (secondary N) is 2. The molecule has 7 nitrogen and oxygen atoms in total. The fourth-order valence-corrected chi connectivity index (χ4v) is 3.72. The lowest BCUT2D eigenvalue weighted by molar-refractivity contribution is -0.119. The Morgan fingerprint density at radius 3 is 2.61 bits per heavy atom. The molecular weight excluding hydrogens is 390 g/mol. The molecule has 0 radical (unpaired) electrons. The van der Waals surface area contributed by atoms with Crippen LogP contribution in [-0.4, -0.2) is 40.7 Å². The van der Waals surface area contributed by atoms with E-state index < -0.39 is 12.1 Å². The molecule has 4 aromatic rings. The van der Waals surface area contributed by atoms with Gasteiger partial charge in [-0.15, -0.1) is 0 Å². The van der Waals surface area contributed by atoms with Crippen molar-refractivity contribution in [2.75, 3.05) is 11.9 Å². The van der Waals surface area contributed by atoms with Crippen LogP contribution in [0.1, 0.15) is 21.7 Å². The second-order valence-electron chi connectivity index (χ2n) is 7.25. The van der Waals surface area contributed by atoms with Gasteiger partial charge < -0.3 is 15.2 Å². The van der Waals surface area contributed by atoms with Crippen molar-refractivity contribution in [3.63, 3.8) is 0 Å². The number of aliphatic imine (C=N–C) groups is 1. The first kappa shape index (κ1) is 18.7. The van der Waals surface area contributed by atoms with Crippen LogP contribution in [0.3, 0.4) is 0 Å². The van der Waals surface area contributed by atoms with Crippen molar-refractivity contribution >= 4 is 34.1 Å². The molecule has 2 amide bonds. The average Bonchev–Trinajstić information content (AvgIpc) is 3.22. The molecule has 2 N–H and O–H groups in total. The van der Waals surface area contributed by atoms with Crippen LogP contribution in [-0.2, 0) is 4.79 Å². The topological polar surface area (TPSA) is 90.5 Å². The van der Waals surface area contributed by atoms with Crippen LogP contribution >= 0.6 is 0 Å². The van der Waals surface area contributed by atoms with Crippen LogP contribution < -0.4 is 10.2 Å². The number of anilines is 1. The average molecular weight is 409 g/mol. The monoisotopic (exact) mass is 409 g/mol. The van der Waals surface area contributed by atoms with E-state index in [1.165, 1.54) is 4.90 Å². The van der Waals surface area contributed by atoms with E-state index in [2.05, 4.69) is 20.3 Å². The number of likely N-dealkylation sites (N-methyl/N-ethyl adjacent to an activating group) is 1. The van der Waals surface area contributed by atoms with E-state index in [4.69, 9.17) is 0 Å². The molecule has 0 aliphatic carbocycles. The molecular formula is C24H19N5O2. The number of para-hydroxylation sites is 2. The first-order valence-corrected chi connectivity index (χ1v) is 9.86. The van der Waals surface area contributed by atoms with E-state index >= 15 is 0 Å². The molecule has 0 saturated carbocycles. The third-order valence-electron chi connectivity index (χ3n) is 5.29. The predicted molar refractivity (Wildman–Crippen MR) is 119 cm³/mol. The number of hydrogen-bond acceptors (Lipinski definition) is 4. The Hall–Kier alpha value is -4.26. The molecule has 7 heteroatoms. The first-order chi connectivity index (χ1) is 15.1. The summed E-state index contributed by atoms with van der Waals surface area (Å²) in [5.41, 5.74) is 3.88. The molecule has 2 aromatic carbocycles. The van der Waals surface area contributed by atoms with Crippen molar-refractivity contribution in [2.24, 2.45) is 4.99 Å². The number of benzene rings is 2. The van der Waals surface area contributed by atoms with Crippen LogP contribution in [0.4, 0.5) is 5.69 Å². The molecule has 2 aromatic heterocycles. The highest BCUT2D eigenvalue weighted by molar-refractivity contribution is 6.19. The molecule has 0 bridgehead atoms. The number of amides is 2. The van der Waals surface area contributed by atoms with E-state index in [0.717, 1.165) is 16.5 Å². The number of aromatic nitrogens is 2. The molecule has 31 heavy (non-hydrogen) atoms. The minimum atomic E-state index is -1.09. The molecule has 1 atom stereocenters. The zero-order valence-electron chi connectivity index (χ0n) is 16.7. The van der Waals surface area contributed by atoms with Gasteiger partial charge in [0.2, 0.25) is 6.17 Å². The number of carbonyl (C=O) groups is 2. The summed E-state index contributed by atoms with van der Waals surface area (Å²) < 4.78 is 0. The lowest BCUT2D eigenvalue weighted by atomic mass is 10.0. The molecule has 1 aliphatic heterocycles. The van der Waals surface area contributed by atoms with E-state index in [-0.39, 0.29) is 5.91 Å². The number of fused-ring (bicyclic) bond motifs is 2. The number of rotatable bonds is 3. The summed E-state index contributed by atoms with van der Waals surface area (Å²) in [6, 6.07) is 22.4. The van der Waals surface area contributed by atoms with E-state index in [1.54, 1.807) is 19.3 Å². The van der Waals surface area contributed by atoms with Crippen LogP contribution in [0.2, 0.25) is 0 Å². The third-order valence-corrected chi connectivity index (χ3v) is 5.29. The molecule has 1 aliphatic rings. The smallest absolute Gasteiger partial charge is 0.272 e. The Bertz CT molecular complexity index is 1290. The standard InChI is InChI=1S/C24H19N5O2/c1-29-20-12-5-3-9-16(20)21(18-11-6-7-13-25-18)27-22(24(29)31)28-23(30)19-14-15-8-2-4-10-17(15)26-19/h2-14,22,26H,1H3,(H,28,30). The normalized spacial score (nSPS) is 15.9. The molecule has 3 heterocycles. The Kier molecular flexibility index (Phi) is 4.55. The summed E-state index contributed by atoms with van der Waals surface area (Å²) >= 11 is 0. The van der Waals surface area contributed by atoms with Crippen molar-refractivity contribution < 1.29 is 9.59 Å². The van der Waals surface area contributed by atoms with Gasteiger partial charge in [0.15, 0.2) is 0 Å². The maximum absolute atomic E-state index is 13.2. The molecule has 152 valence electrons. The highest BCUT2D eigenvalue weighted by Gasteiger charge is 2.31. The lowest BCUT2D eigenvalue weighted by Crippen LogP contribution is -2.46. The van der Waals surface area contributed by atoms with Crippen LogP contribution in [0.5, 0.6) is 0 Å². The maximum atomic E-state index is 13.2. The van der Waals surface area contributed by atoms with Gasteiger partial charge in [-0.05, 0) is 30.3 Å². The molecule has 0 saturated heterocycles. The summed E-state index contributed by atoms with van der Waals surface area (Å²) in [6.45, 7) is 0. The second-order valence-corrected chi connectivity index (χ2v) is 7.25. The zero-order valence-corrected chi connectivity index (χ0v) is 16.7. The lowest BCUT2D eigenvalue weighted by Gasteiger charge is -2.20. The van der Waals surface area contributed by atoms with Crippen molar-refractivity contribution in [2.45, 2.75) is 6.17 Å². The minimum Gasteiger partial charge on any atom is -0.351 e. The van der Waals surface area contributed by atoms with Gasteiger partial charge in [0.1, 0.15) is 5.69 Å². The predicted octanol–water partition coefficient (Wildman–Crippen LogP) is 3.13. The Labute approximate surface area is 178 Å². The summed E-state index contributed by atoms with van der Waals surface area (Å²) in [4.78, 5) is 39.8. The molecule has 5 rings (SSSR count). The number of hydrogen-bond donors (Lipinski definition) is 2. The number of H-pyrrole nitrogens is 1. The third kappa shape index (κ3) is 3.36. The van der Waals surface area contributed by atoms with Crippen LogP contribution in [0, 0.1) is 0 Å². The van der Waals surface area contributed by atoms with Gasteiger partial charge in [-0.1, -0.05) is 42.5 Å². The fourth-order valence-electron chi connectivity index (χ4n) is 3.72. The minimum absolute atomic E-state index is 0.331. The van der Waals surface area contributed by atoms with Crippen molar-refractivity contribution in [3.05, 3.63) is 95.9 Å². The van der Waals surface area contributed by atoms with Crippen molar-refractivity contribution in [3.8, 4) is 0 Å². The first-order valence-electron chi connectivity index (χ1n) is 9.86. The van der Waals surface area contributed by atoms with E-state index in [0.29, 0.717) is 22.8 Å². The van der Waals surface area contributed by atoms with Crippen molar-refractivity contribution in [1.29, 1.82) is 0 Å². The number of pyridine rings is 1. The Morgan fingerprint density at radius 2 is 1.81 bits per heavy atom. The Balaban J connectivity index is 1.56. The van der Waals surface area contributed by atoms with Gasteiger partial charge in [0, 0.05) is 29.7 Å².